The van der Waals surface area contributed by atoms with Gasteiger partial charge in [0.2, 0.25) is 11.8 Å². The summed E-state index contributed by atoms with van der Waals surface area (Å²) in [7, 11) is 0. The molecule has 2 amide bonds. The summed E-state index contributed by atoms with van der Waals surface area (Å²) in [5, 5.41) is 6.66. The van der Waals surface area contributed by atoms with Crippen LogP contribution in [0.2, 0.25) is 0 Å². The number of hydrogen-bond acceptors (Lipinski definition) is 5. The molecule has 3 aliphatic rings. The summed E-state index contributed by atoms with van der Waals surface area (Å²) in [6.07, 6.45) is 6.63. The molecule has 1 aliphatic carbocycles. The van der Waals surface area contributed by atoms with Crippen molar-refractivity contribution in [1.29, 1.82) is 0 Å². The van der Waals surface area contributed by atoms with Crippen molar-refractivity contribution in [3.63, 3.8) is 0 Å². The molecule has 1 saturated carbocycles. The van der Waals surface area contributed by atoms with Crippen LogP contribution in [0.3, 0.4) is 0 Å². The molecular formula is C20H36N4O3. The van der Waals surface area contributed by atoms with Crippen LogP contribution in [0, 0.1) is 0 Å². The standard InChI is InChI=1S/C20H36N4O3/c1-16(20(7-3-4-8-20)24-11-13-27-14-12-24)21-15-19(26)22-18-5-9-23(10-6-18)17(2)25/h16,18,21H,3-15H2,1-2H3,(H,22,26)/t16-/m1/s1. The van der Waals surface area contributed by atoms with Crippen molar-refractivity contribution < 1.29 is 14.3 Å². The van der Waals surface area contributed by atoms with E-state index < -0.39 is 0 Å². The lowest BCUT2D eigenvalue weighted by Crippen LogP contribution is -2.62. The van der Waals surface area contributed by atoms with Crippen LogP contribution in [0.4, 0.5) is 0 Å². The van der Waals surface area contributed by atoms with Crippen molar-refractivity contribution in [2.24, 2.45) is 0 Å². The molecule has 0 aromatic heterocycles. The van der Waals surface area contributed by atoms with Gasteiger partial charge in [-0.1, -0.05) is 12.8 Å². The summed E-state index contributed by atoms with van der Waals surface area (Å²) >= 11 is 0. The molecule has 2 saturated heterocycles. The number of piperidine rings is 1. The van der Waals surface area contributed by atoms with E-state index in [1.807, 2.05) is 4.90 Å². The van der Waals surface area contributed by atoms with Crippen molar-refractivity contribution in [2.45, 2.75) is 70.0 Å². The molecule has 2 heterocycles. The number of morpholine rings is 1. The van der Waals surface area contributed by atoms with Crippen molar-refractivity contribution in [2.75, 3.05) is 45.9 Å². The normalized spacial score (nSPS) is 25.3. The highest BCUT2D eigenvalue weighted by atomic mass is 16.5. The van der Waals surface area contributed by atoms with E-state index in [0.29, 0.717) is 6.54 Å². The van der Waals surface area contributed by atoms with Crippen LogP contribution in [-0.4, -0.2) is 85.2 Å². The number of nitrogens with zero attached hydrogens (tertiary/aromatic N) is 2. The molecule has 3 fully saturated rings. The number of hydrogen-bond donors (Lipinski definition) is 2. The lowest BCUT2D eigenvalue weighted by Gasteiger charge is -2.47. The van der Waals surface area contributed by atoms with Gasteiger partial charge >= 0.3 is 0 Å². The van der Waals surface area contributed by atoms with Crippen LogP contribution in [0.25, 0.3) is 0 Å². The van der Waals surface area contributed by atoms with Crippen LogP contribution in [0.15, 0.2) is 0 Å². The van der Waals surface area contributed by atoms with E-state index in [-0.39, 0.29) is 29.4 Å². The average molecular weight is 381 g/mol. The Bertz CT molecular complexity index is 507. The maximum Gasteiger partial charge on any atom is 0.234 e. The first-order chi connectivity index (χ1) is 13.0. The van der Waals surface area contributed by atoms with E-state index >= 15 is 0 Å². The fourth-order valence-electron chi connectivity index (χ4n) is 5.07. The smallest absolute Gasteiger partial charge is 0.234 e. The number of ether oxygens (including phenoxy) is 1. The fourth-order valence-corrected chi connectivity index (χ4v) is 5.07. The second kappa shape index (κ2) is 9.34. The minimum Gasteiger partial charge on any atom is -0.379 e. The Morgan fingerprint density at radius 2 is 1.74 bits per heavy atom. The van der Waals surface area contributed by atoms with Crippen LogP contribution in [0.1, 0.15) is 52.4 Å². The quantitative estimate of drug-likeness (QED) is 0.711. The number of carbonyl (C=O) groups is 2. The molecule has 0 aromatic carbocycles. The van der Waals surface area contributed by atoms with Crippen LogP contribution >= 0.6 is 0 Å². The Kier molecular flexibility index (Phi) is 7.11. The predicted octanol–water partition coefficient (Wildman–Crippen LogP) is 0.737. The second-order valence-corrected chi connectivity index (χ2v) is 8.36. The summed E-state index contributed by atoms with van der Waals surface area (Å²) in [5.41, 5.74) is 0.164. The number of nitrogens with one attached hydrogen (secondary N) is 2. The molecule has 7 heteroatoms. The molecule has 0 radical (unpaired) electrons. The zero-order valence-corrected chi connectivity index (χ0v) is 17.0. The van der Waals surface area contributed by atoms with Gasteiger partial charge in [0, 0.05) is 50.7 Å². The number of likely N-dealkylation sites (tertiary alicyclic amines) is 1. The minimum atomic E-state index is 0.0678. The maximum atomic E-state index is 12.4. The highest BCUT2D eigenvalue weighted by Gasteiger charge is 2.44. The van der Waals surface area contributed by atoms with Gasteiger partial charge < -0.3 is 20.3 Å². The first-order valence-electron chi connectivity index (χ1n) is 10.6. The monoisotopic (exact) mass is 380 g/mol. The Morgan fingerprint density at radius 3 is 2.33 bits per heavy atom. The fraction of sp³-hybridized carbons (Fsp3) is 0.900. The van der Waals surface area contributed by atoms with Gasteiger partial charge in [0.15, 0.2) is 0 Å². The van der Waals surface area contributed by atoms with E-state index in [1.54, 1.807) is 6.92 Å². The van der Waals surface area contributed by atoms with Gasteiger partial charge in [-0.25, -0.2) is 0 Å². The summed E-state index contributed by atoms with van der Waals surface area (Å²) in [6, 6.07) is 0.466. The summed E-state index contributed by atoms with van der Waals surface area (Å²) in [4.78, 5) is 28.3. The molecule has 0 spiro atoms. The van der Waals surface area contributed by atoms with Crippen LogP contribution in [0.5, 0.6) is 0 Å². The lowest BCUT2D eigenvalue weighted by atomic mass is 9.86. The highest BCUT2D eigenvalue weighted by molar-refractivity contribution is 5.78. The van der Waals surface area contributed by atoms with Crippen molar-refractivity contribution in [1.82, 2.24) is 20.4 Å². The molecule has 7 nitrogen and oxygen atoms in total. The second-order valence-electron chi connectivity index (χ2n) is 8.36. The van der Waals surface area contributed by atoms with Gasteiger partial charge in [-0.3, -0.25) is 14.5 Å². The van der Waals surface area contributed by atoms with Crippen molar-refractivity contribution in [3.8, 4) is 0 Å². The molecular weight excluding hydrogens is 344 g/mol. The Balaban J connectivity index is 1.45. The van der Waals surface area contributed by atoms with E-state index in [2.05, 4.69) is 22.5 Å². The van der Waals surface area contributed by atoms with Gasteiger partial charge in [0.25, 0.3) is 0 Å². The molecule has 1 atom stereocenters. The molecule has 3 rings (SSSR count). The Morgan fingerprint density at radius 1 is 1.11 bits per heavy atom. The number of carbonyl (C=O) groups excluding carboxylic acids is 2. The van der Waals surface area contributed by atoms with Gasteiger partial charge in [0.1, 0.15) is 0 Å². The first kappa shape index (κ1) is 20.6. The number of rotatable bonds is 6. The molecule has 2 N–H and O–H groups in total. The SMILES string of the molecule is CC(=O)N1CCC(NC(=O)CN[C@H](C)C2(N3CCOCC3)CCCC2)CC1. The van der Waals surface area contributed by atoms with Crippen LogP contribution in [-0.2, 0) is 14.3 Å². The Hall–Kier alpha value is -1.18. The number of amides is 2. The van der Waals surface area contributed by atoms with E-state index in [1.165, 1.54) is 25.7 Å². The average Bonchev–Trinajstić information content (AvgIpc) is 3.18. The molecule has 0 aromatic rings. The molecule has 154 valence electrons. The van der Waals surface area contributed by atoms with Gasteiger partial charge in [-0.15, -0.1) is 0 Å². The lowest BCUT2D eigenvalue weighted by molar-refractivity contribution is -0.130. The highest BCUT2D eigenvalue weighted by Crippen LogP contribution is 2.38. The maximum absolute atomic E-state index is 12.4. The molecule has 0 bridgehead atoms. The largest absolute Gasteiger partial charge is 0.379 e. The third-order valence-electron chi connectivity index (χ3n) is 6.79. The van der Waals surface area contributed by atoms with E-state index in [9.17, 15) is 9.59 Å². The first-order valence-corrected chi connectivity index (χ1v) is 10.6. The summed E-state index contributed by atoms with van der Waals surface area (Å²) in [5.74, 6) is 0.193. The van der Waals surface area contributed by atoms with Gasteiger partial charge in [-0.2, -0.15) is 0 Å². The third kappa shape index (κ3) is 5.00. The third-order valence-corrected chi connectivity index (χ3v) is 6.79. The van der Waals surface area contributed by atoms with Gasteiger partial charge in [-0.05, 0) is 32.6 Å². The zero-order chi connectivity index (χ0) is 19.3. The summed E-state index contributed by atoms with van der Waals surface area (Å²) < 4.78 is 5.54. The molecule has 27 heavy (non-hydrogen) atoms. The minimum absolute atomic E-state index is 0.0678. The summed E-state index contributed by atoms with van der Waals surface area (Å²) in [6.45, 7) is 9.30. The predicted molar refractivity (Wildman–Crippen MR) is 104 cm³/mol. The molecule has 2 aliphatic heterocycles. The van der Waals surface area contributed by atoms with Crippen LogP contribution < -0.4 is 10.6 Å². The Labute approximate surface area is 163 Å². The van der Waals surface area contributed by atoms with E-state index in [4.69, 9.17) is 4.74 Å². The van der Waals surface area contributed by atoms with Gasteiger partial charge in [0.05, 0.1) is 19.8 Å². The van der Waals surface area contributed by atoms with E-state index in [0.717, 1.165) is 52.2 Å². The topological polar surface area (TPSA) is 73.9 Å². The zero-order valence-electron chi connectivity index (χ0n) is 17.0. The van der Waals surface area contributed by atoms with Crippen molar-refractivity contribution >= 4 is 11.8 Å². The molecule has 0 unspecified atom stereocenters. The van der Waals surface area contributed by atoms with Crippen molar-refractivity contribution in [3.05, 3.63) is 0 Å².